The van der Waals surface area contributed by atoms with Gasteiger partial charge in [0.2, 0.25) is 0 Å². The lowest BCUT2D eigenvalue weighted by atomic mass is 9.94. The van der Waals surface area contributed by atoms with E-state index in [1.165, 1.54) is 38.6 Å². The van der Waals surface area contributed by atoms with Crippen molar-refractivity contribution in [2.75, 3.05) is 6.54 Å². The van der Waals surface area contributed by atoms with Gasteiger partial charge in [-0.15, -0.1) is 0 Å². The predicted molar refractivity (Wildman–Crippen MR) is 68.0 cm³/mol. The van der Waals surface area contributed by atoms with Crippen LogP contribution >= 0.6 is 0 Å². The summed E-state index contributed by atoms with van der Waals surface area (Å²) in [6.45, 7) is 8.14. The maximum absolute atomic E-state index is 3.67. The first-order valence-electron chi connectivity index (χ1n) is 6.57. The molecule has 0 bridgehead atoms. The lowest BCUT2D eigenvalue weighted by Gasteiger charge is -2.21. The number of rotatable bonds is 6. The second-order valence-corrected chi connectivity index (χ2v) is 5.43. The highest BCUT2D eigenvalue weighted by molar-refractivity contribution is 4.90. The Labute approximate surface area is 95.3 Å². The molecular formula is C14H27N. The summed E-state index contributed by atoms with van der Waals surface area (Å²) < 4.78 is 0. The summed E-state index contributed by atoms with van der Waals surface area (Å²) in [5.74, 6) is 1.73. The van der Waals surface area contributed by atoms with E-state index >= 15 is 0 Å². The Bertz CT molecular complexity index is 184. The minimum Gasteiger partial charge on any atom is -0.314 e. The van der Waals surface area contributed by atoms with E-state index in [1.807, 2.05) is 0 Å². The van der Waals surface area contributed by atoms with Gasteiger partial charge in [-0.1, -0.05) is 26.0 Å². The third-order valence-corrected chi connectivity index (χ3v) is 3.31. The van der Waals surface area contributed by atoms with Crippen LogP contribution in [0.2, 0.25) is 0 Å². The van der Waals surface area contributed by atoms with Crippen molar-refractivity contribution in [3.63, 3.8) is 0 Å². The molecule has 1 rings (SSSR count). The van der Waals surface area contributed by atoms with E-state index in [4.69, 9.17) is 0 Å². The average Bonchev–Trinajstić information content (AvgIpc) is 2.25. The van der Waals surface area contributed by atoms with Crippen LogP contribution in [0, 0.1) is 11.8 Å². The summed E-state index contributed by atoms with van der Waals surface area (Å²) in [5.41, 5.74) is 0. The van der Waals surface area contributed by atoms with Crippen LogP contribution < -0.4 is 5.32 Å². The van der Waals surface area contributed by atoms with Crippen molar-refractivity contribution in [2.45, 2.75) is 58.9 Å². The van der Waals surface area contributed by atoms with Crippen LogP contribution in [-0.4, -0.2) is 12.6 Å². The van der Waals surface area contributed by atoms with Gasteiger partial charge in [-0.2, -0.15) is 0 Å². The summed E-state index contributed by atoms with van der Waals surface area (Å²) >= 11 is 0. The Morgan fingerprint density at radius 2 is 2.00 bits per heavy atom. The molecule has 0 fully saturated rings. The van der Waals surface area contributed by atoms with Gasteiger partial charge in [0.1, 0.15) is 0 Å². The third-order valence-electron chi connectivity index (χ3n) is 3.31. The summed E-state index contributed by atoms with van der Waals surface area (Å²) in [7, 11) is 0. The van der Waals surface area contributed by atoms with E-state index in [0.717, 1.165) is 11.8 Å². The van der Waals surface area contributed by atoms with Gasteiger partial charge in [0.25, 0.3) is 0 Å². The standard InChI is InChI=1S/C14H27N/c1-12(2)9-10-13(3)15-11-14-7-5-4-6-8-14/h4-5,12-15H,6-11H2,1-3H3. The Balaban J connectivity index is 2.05. The Hall–Kier alpha value is -0.300. The molecule has 0 amide bonds. The van der Waals surface area contributed by atoms with Gasteiger partial charge >= 0.3 is 0 Å². The molecule has 0 heterocycles. The van der Waals surface area contributed by atoms with Crippen LogP contribution in [0.25, 0.3) is 0 Å². The molecule has 2 atom stereocenters. The van der Waals surface area contributed by atoms with Crippen LogP contribution in [-0.2, 0) is 0 Å². The monoisotopic (exact) mass is 209 g/mol. The van der Waals surface area contributed by atoms with Crippen LogP contribution in [0.15, 0.2) is 12.2 Å². The van der Waals surface area contributed by atoms with Crippen molar-refractivity contribution in [1.29, 1.82) is 0 Å². The first-order valence-corrected chi connectivity index (χ1v) is 6.57. The number of nitrogens with one attached hydrogen (secondary N) is 1. The van der Waals surface area contributed by atoms with Crippen molar-refractivity contribution in [1.82, 2.24) is 5.32 Å². The van der Waals surface area contributed by atoms with Crippen LogP contribution in [0.3, 0.4) is 0 Å². The van der Waals surface area contributed by atoms with Gasteiger partial charge in [-0.05, 0) is 57.4 Å². The molecule has 1 heteroatoms. The molecule has 88 valence electrons. The minimum absolute atomic E-state index is 0.693. The zero-order valence-corrected chi connectivity index (χ0v) is 10.6. The molecule has 0 radical (unpaired) electrons. The van der Waals surface area contributed by atoms with E-state index in [1.54, 1.807) is 0 Å². The highest BCUT2D eigenvalue weighted by Gasteiger charge is 2.11. The van der Waals surface area contributed by atoms with Crippen LogP contribution in [0.5, 0.6) is 0 Å². The van der Waals surface area contributed by atoms with Crippen LogP contribution in [0.4, 0.5) is 0 Å². The highest BCUT2D eigenvalue weighted by Crippen LogP contribution is 2.17. The smallest absolute Gasteiger partial charge is 0.00389 e. The first kappa shape index (κ1) is 12.8. The second-order valence-electron chi connectivity index (χ2n) is 5.43. The predicted octanol–water partition coefficient (Wildman–Crippen LogP) is 3.76. The molecule has 0 saturated carbocycles. The van der Waals surface area contributed by atoms with Gasteiger partial charge in [-0.25, -0.2) is 0 Å². The van der Waals surface area contributed by atoms with E-state index < -0.39 is 0 Å². The quantitative estimate of drug-likeness (QED) is 0.657. The summed E-state index contributed by atoms with van der Waals surface area (Å²) in [5, 5.41) is 3.67. The normalized spacial score (nSPS) is 23.3. The summed E-state index contributed by atoms with van der Waals surface area (Å²) in [6.07, 6.45) is 11.3. The second kappa shape index (κ2) is 7.05. The zero-order chi connectivity index (χ0) is 11.1. The maximum atomic E-state index is 3.67. The molecule has 0 spiro atoms. The highest BCUT2D eigenvalue weighted by atomic mass is 14.9. The van der Waals surface area contributed by atoms with Crippen molar-refractivity contribution < 1.29 is 0 Å². The van der Waals surface area contributed by atoms with Gasteiger partial charge in [0, 0.05) is 6.04 Å². The van der Waals surface area contributed by atoms with Gasteiger partial charge < -0.3 is 5.32 Å². The van der Waals surface area contributed by atoms with Gasteiger partial charge in [0.15, 0.2) is 0 Å². The topological polar surface area (TPSA) is 12.0 Å². The fourth-order valence-corrected chi connectivity index (χ4v) is 2.09. The van der Waals surface area contributed by atoms with Crippen molar-refractivity contribution >= 4 is 0 Å². The SMILES string of the molecule is CC(C)CCC(C)NCC1CC=CCC1. The van der Waals surface area contributed by atoms with Crippen molar-refractivity contribution in [3.05, 3.63) is 12.2 Å². The van der Waals surface area contributed by atoms with E-state index in [-0.39, 0.29) is 0 Å². The molecule has 2 unspecified atom stereocenters. The third kappa shape index (κ3) is 5.99. The lowest BCUT2D eigenvalue weighted by molar-refractivity contribution is 0.386. The maximum Gasteiger partial charge on any atom is 0.00389 e. The van der Waals surface area contributed by atoms with E-state index in [0.29, 0.717) is 6.04 Å². The molecule has 1 nitrogen and oxygen atoms in total. The first-order chi connectivity index (χ1) is 7.18. The molecule has 1 aliphatic carbocycles. The van der Waals surface area contributed by atoms with Gasteiger partial charge in [-0.3, -0.25) is 0 Å². The minimum atomic E-state index is 0.693. The molecule has 15 heavy (non-hydrogen) atoms. The molecule has 0 aromatic carbocycles. The van der Waals surface area contributed by atoms with Gasteiger partial charge in [0.05, 0.1) is 0 Å². The molecule has 1 aliphatic rings. The Morgan fingerprint density at radius 1 is 1.20 bits per heavy atom. The van der Waals surface area contributed by atoms with Crippen molar-refractivity contribution in [3.8, 4) is 0 Å². The molecule has 0 aromatic rings. The van der Waals surface area contributed by atoms with Crippen molar-refractivity contribution in [2.24, 2.45) is 11.8 Å². The molecular weight excluding hydrogens is 182 g/mol. The average molecular weight is 209 g/mol. The van der Waals surface area contributed by atoms with Crippen LogP contribution in [0.1, 0.15) is 52.9 Å². The molecule has 1 N–H and O–H groups in total. The zero-order valence-electron chi connectivity index (χ0n) is 10.6. The summed E-state index contributed by atoms with van der Waals surface area (Å²) in [6, 6.07) is 0.693. The molecule has 0 aliphatic heterocycles. The summed E-state index contributed by atoms with van der Waals surface area (Å²) in [4.78, 5) is 0. The fourth-order valence-electron chi connectivity index (χ4n) is 2.09. The Kier molecular flexibility index (Phi) is 6.00. The number of hydrogen-bond donors (Lipinski definition) is 1. The fraction of sp³-hybridized carbons (Fsp3) is 0.857. The lowest BCUT2D eigenvalue weighted by Crippen LogP contribution is -2.31. The van der Waals surface area contributed by atoms with E-state index in [2.05, 4.69) is 38.2 Å². The van der Waals surface area contributed by atoms with E-state index in [9.17, 15) is 0 Å². The number of allylic oxidation sites excluding steroid dienone is 2. The molecule has 0 saturated heterocycles. The number of hydrogen-bond acceptors (Lipinski definition) is 1. The largest absolute Gasteiger partial charge is 0.314 e. The molecule has 0 aromatic heterocycles. The Morgan fingerprint density at radius 3 is 2.60 bits per heavy atom.